The molecular weight excluding hydrogens is 284 g/mol. The molecule has 0 saturated carbocycles. The fourth-order valence-electron chi connectivity index (χ4n) is 2.19. The smallest absolute Gasteiger partial charge is 0.158 e. The summed E-state index contributed by atoms with van der Waals surface area (Å²) >= 11 is 0. The molecular formula is C18H17F2NO. The van der Waals surface area contributed by atoms with Gasteiger partial charge in [-0.1, -0.05) is 30.3 Å². The number of halogens is 2. The minimum atomic E-state index is -0.799. The molecule has 3 rings (SSSR count). The van der Waals surface area contributed by atoms with Crippen molar-refractivity contribution in [2.45, 2.75) is 19.9 Å². The lowest BCUT2D eigenvalue weighted by Crippen LogP contribution is -1.97. The van der Waals surface area contributed by atoms with Gasteiger partial charge in [0, 0.05) is 28.7 Å². The number of fused-ring (bicyclic) bond motifs is 1. The van der Waals surface area contributed by atoms with Crippen molar-refractivity contribution in [3.05, 3.63) is 71.9 Å². The summed E-state index contributed by atoms with van der Waals surface area (Å²) in [6.45, 7) is 4.22. The van der Waals surface area contributed by atoms with Gasteiger partial charge in [0.1, 0.15) is 0 Å². The molecule has 0 aliphatic heterocycles. The first-order valence-electron chi connectivity index (χ1n) is 6.99. The second kappa shape index (κ2) is 6.98. The van der Waals surface area contributed by atoms with Gasteiger partial charge in [-0.25, -0.2) is 8.78 Å². The molecule has 114 valence electrons. The molecule has 0 spiro atoms. The number of carbonyl (C=O) groups is 1. The van der Waals surface area contributed by atoms with Crippen LogP contribution in [0.15, 0.2) is 54.7 Å². The van der Waals surface area contributed by atoms with Crippen LogP contribution in [0.25, 0.3) is 10.9 Å². The second-order valence-corrected chi connectivity index (χ2v) is 5.13. The van der Waals surface area contributed by atoms with Gasteiger partial charge in [-0.05, 0) is 32.0 Å². The highest BCUT2D eigenvalue weighted by Gasteiger charge is 2.08. The van der Waals surface area contributed by atoms with Crippen molar-refractivity contribution in [2.24, 2.45) is 0 Å². The van der Waals surface area contributed by atoms with Crippen LogP contribution in [0.3, 0.4) is 0 Å². The molecule has 0 amide bonds. The normalized spacial score (nSPS) is 10.4. The molecule has 0 bridgehead atoms. The zero-order valence-electron chi connectivity index (χ0n) is 12.5. The molecule has 0 atom stereocenters. The molecule has 0 saturated heterocycles. The van der Waals surface area contributed by atoms with Gasteiger partial charge in [0.15, 0.2) is 17.9 Å². The summed E-state index contributed by atoms with van der Waals surface area (Å²) in [7, 11) is 0. The Morgan fingerprint density at radius 3 is 2.00 bits per heavy atom. The van der Waals surface area contributed by atoms with Gasteiger partial charge >= 0.3 is 0 Å². The molecule has 0 unspecified atom stereocenters. The number of rotatable bonds is 2. The number of nitrogens with zero attached hydrogens (tertiary/aromatic N) is 1. The van der Waals surface area contributed by atoms with Gasteiger partial charge in [-0.2, -0.15) is 0 Å². The number of aromatic nitrogens is 1. The van der Waals surface area contributed by atoms with Crippen molar-refractivity contribution in [1.29, 1.82) is 0 Å². The van der Waals surface area contributed by atoms with Crippen LogP contribution in [-0.4, -0.2) is 10.9 Å². The maximum absolute atomic E-state index is 11.9. The van der Waals surface area contributed by atoms with Gasteiger partial charge in [0.2, 0.25) is 0 Å². The van der Waals surface area contributed by atoms with E-state index in [-0.39, 0.29) is 0 Å². The molecule has 0 aliphatic rings. The molecule has 1 heterocycles. The number of aldehydes is 1. The molecule has 0 radical (unpaired) electrons. The van der Waals surface area contributed by atoms with Crippen molar-refractivity contribution in [3.63, 3.8) is 0 Å². The van der Waals surface area contributed by atoms with Crippen molar-refractivity contribution in [1.82, 2.24) is 4.57 Å². The van der Waals surface area contributed by atoms with Crippen molar-refractivity contribution >= 4 is 17.2 Å². The Balaban J connectivity index is 0.000000188. The standard InChI is InChI=1S/C12H13NO.C6H4F2/c1-9(2)13-7-10(8-14)11-5-3-4-6-12(11)13;7-5-3-1-2-4-6(5)8/h3-9H,1-2H3;1-4H. The van der Waals surface area contributed by atoms with Crippen LogP contribution in [0.2, 0.25) is 0 Å². The lowest BCUT2D eigenvalue weighted by atomic mass is 10.2. The first-order chi connectivity index (χ1) is 10.5. The highest BCUT2D eigenvalue weighted by Crippen LogP contribution is 2.23. The van der Waals surface area contributed by atoms with Gasteiger partial charge in [0.25, 0.3) is 0 Å². The Labute approximate surface area is 128 Å². The van der Waals surface area contributed by atoms with Crippen molar-refractivity contribution < 1.29 is 13.6 Å². The van der Waals surface area contributed by atoms with E-state index in [1.54, 1.807) is 0 Å². The third kappa shape index (κ3) is 3.39. The predicted molar refractivity (Wildman–Crippen MR) is 84.1 cm³/mol. The topological polar surface area (TPSA) is 22.0 Å². The summed E-state index contributed by atoms with van der Waals surface area (Å²) in [6, 6.07) is 13.4. The lowest BCUT2D eigenvalue weighted by molar-refractivity contribution is 0.112. The van der Waals surface area contributed by atoms with Crippen LogP contribution < -0.4 is 0 Å². The van der Waals surface area contributed by atoms with E-state index < -0.39 is 11.6 Å². The van der Waals surface area contributed by atoms with Crippen LogP contribution in [0, 0.1) is 11.6 Å². The third-order valence-corrected chi connectivity index (χ3v) is 3.28. The first kappa shape index (κ1) is 15.9. The summed E-state index contributed by atoms with van der Waals surface area (Å²) in [4.78, 5) is 10.8. The first-order valence-corrected chi connectivity index (χ1v) is 6.99. The maximum atomic E-state index is 11.9. The van der Waals surface area contributed by atoms with Crippen LogP contribution >= 0.6 is 0 Å². The number of hydrogen-bond donors (Lipinski definition) is 0. The average Bonchev–Trinajstić information content (AvgIpc) is 2.90. The highest BCUT2D eigenvalue weighted by atomic mass is 19.2. The molecule has 2 aromatic carbocycles. The van der Waals surface area contributed by atoms with Gasteiger partial charge < -0.3 is 4.57 Å². The van der Waals surface area contributed by atoms with Crippen molar-refractivity contribution in [2.75, 3.05) is 0 Å². The monoisotopic (exact) mass is 301 g/mol. The summed E-state index contributed by atoms with van der Waals surface area (Å²) in [6.07, 6.45) is 2.84. The fourth-order valence-corrected chi connectivity index (χ4v) is 2.19. The van der Waals surface area contributed by atoms with Crippen LogP contribution in [0.5, 0.6) is 0 Å². The SMILES string of the molecule is CC(C)n1cc(C=O)c2ccccc21.Fc1ccccc1F. The van der Waals surface area contributed by atoms with Gasteiger partial charge in [-0.15, -0.1) is 0 Å². The van der Waals surface area contributed by atoms with Gasteiger partial charge in [-0.3, -0.25) is 4.79 Å². The van der Waals surface area contributed by atoms with E-state index in [0.29, 0.717) is 6.04 Å². The largest absolute Gasteiger partial charge is 0.344 e. The van der Waals surface area contributed by atoms with E-state index in [4.69, 9.17) is 0 Å². The highest BCUT2D eigenvalue weighted by molar-refractivity contribution is 5.97. The van der Waals surface area contributed by atoms with E-state index in [2.05, 4.69) is 18.4 Å². The van der Waals surface area contributed by atoms with Gasteiger partial charge in [0.05, 0.1) is 0 Å². The molecule has 1 aromatic heterocycles. The predicted octanol–water partition coefficient (Wildman–Crippen LogP) is 5.00. The summed E-state index contributed by atoms with van der Waals surface area (Å²) in [5.41, 5.74) is 1.90. The zero-order valence-corrected chi connectivity index (χ0v) is 12.5. The third-order valence-electron chi connectivity index (χ3n) is 3.28. The Hall–Kier alpha value is -2.49. The lowest BCUT2D eigenvalue weighted by Gasteiger charge is -2.08. The van der Waals surface area contributed by atoms with Crippen molar-refractivity contribution in [3.8, 4) is 0 Å². The zero-order chi connectivity index (χ0) is 16.1. The Kier molecular flexibility index (Phi) is 5.04. The Morgan fingerprint density at radius 2 is 1.50 bits per heavy atom. The Bertz CT molecular complexity index is 757. The average molecular weight is 301 g/mol. The number of para-hydroxylation sites is 1. The van der Waals surface area contributed by atoms with E-state index >= 15 is 0 Å². The number of benzene rings is 2. The summed E-state index contributed by atoms with van der Waals surface area (Å²) in [5.74, 6) is -1.60. The molecule has 0 fully saturated rings. The molecule has 3 aromatic rings. The molecule has 2 nitrogen and oxygen atoms in total. The molecule has 0 N–H and O–H groups in total. The summed E-state index contributed by atoms with van der Waals surface area (Å²) < 4.78 is 26.0. The molecule has 4 heteroatoms. The Morgan fingerprint density at radius 1 is 0.955 bits per heavy atom. The fraction of sp³-hybridized carbons (Fsp3) is 0.167. The van der Waals surface area contributed by atoms with Crippen LogP contribution in [0.1, 0.15) is 30.2 Å². The van der Waals surface area contributed by atoms with Crippen LogP contribution in [0.4, 0.5) is 8.78 Å². The number of hydrogen-bond acceptors (Lipinski definition) is 1. The second-order valence-electron chi connectivity index (χ2n) is 5.13. The maximum Gasteiger partial charge on any atom is 0.158 e. The quantitative estimate of drug-likeness (QED) is 0.610. The number of carbonyl (C=O) groups excluding carboxylic acids is 1. The van der Waals surface area contributed by atoms with E-state index in [1.807, 2.05) is 30.5 Å². The minimum Gasteiger partial charge on any atom is -0.344 e. The van der Waals surface area contributed by atoms with E-state index in [1.165, 1.54) is 12.1 Å². The molecule has 0 aliphatic carbocycles. The van der Waals surface area contributed by atoms with E-state index in [9.17, 15) is 13.6 Å². The summed E-state index contributed by atoms with van der Waals surface area (Å²) in [5, 5.41) is 1.04. The minimum absolute atomic E-state index is 0.383. The van der Waals surface area contributed by atoms with Crippen LogP contribution in [-0.2, 0) is 0 Å². The molecule has 22 heavy (non-hydrogen) atoms. The van der Waals surface area contributed by atoms with E-state index in [0.717, 1.165) is 34.9 Å².